The minimum Gasteiger partial charge on any atom is -0.484 e. The summed E-state index contributed by atoms with van der Waals surface area (Å²) in [4.78, 5) is 12.5. The predicted octanol–water partition coefficient (Wildman–Crippen LogP) is 2.65. The molecule has 0 radical (unpaired) electrons. The van der Waals surface area contributed by atoms with Gasteiger partial charge in [0.15, 0.2) is 6.61 Å². The van der Waals surface area contributed by atoms with Crippen molar-refractivity contribution in [2.24, 2.45) is 0 Å². The topological polar surface area (TPSA) is 131 Å². The largest absolute Gasteiger partial charge is 0.484 e. The second-order valence-electron chi connectivity index (χ2n) is 8.77. The molecule has 10 nitrogen and oxygen atoms in total. The number of ether oxygens (including phenoxy) is 2. The molecule has 0 unspecified atom stereocenters. The van der Waals surface area contributed by atoms with Gasteiger partial charge in [-0.1, -0.05) is 12.1 Å². The molecule has 0 spiro atoms. The van der Waals surface area contributed by atoms with Crippen LogP contribution in [0.2, 0.25) is 0 Å². The third-order valence-corrected chi connectivity index (χ3v) is 9.22. The van der Waals surface area contributed by atoms with E-state index in [9.17, 15) is 26.0 Å². The summed E-state index contributed by atoms with van der Waals surface area (Å²) in [7, 11) is -7.50. The van der Waals surface area contributed by atoms with Gasteiger partial charge in [-0.05, 0) is 72.6 Å². The van der Waals surface area contributed by atoms with Crippen molar-refractivity contribution in [2.75, 3.05) is 37.6 Å². The zero-order valence-corrected chi connectivity index (χ0v) is 22.7. The summed E-state index contributed by atoms with van der Waals surface area (Å²) < 4.78 is 78.3. The van der Waals surface area contributed by atoms with Crippen molar-refractivity contribution in [1.29, 1.82) is 0 Å². The Morgan fingerprint density at radius 3 is 2.23 bits per heavy atom. The molecule has 3 aromatic carbocycles. The first-order valence-corrected chi connectivity index (χ1v) is 14.9. The molecule has 2 N–H and O–H groups in total. The van der Waals surface area contributed by atoms with Gasteiger partial charge < -0.3 is 14.8 Å². The maximum atomic E-state index is 13.1. The molecule has 1 amide bonds. The molecule has 0 aliphatic carbocycles. The summed E-state index contributed by atoms with van der Waals surface area (Å²) >= 11 is 0. The first-order chi connectivity index (χ1) is 18.5. The van der Waals surface area contributed by atoms with Crippen molar-refractivity contribution >= 4 is 31.6 Å². The van der Waals surface area contributed by atoms with Gasteiger partial charge in [-0.25, -0.2) is 21.2 Å². The number of benzene rings is 3. The van der Waals surface area contributed by atoms with Crippen molar-refractivity contribution in [3.05, 3.63) is 83.7 Å². The summed E-state index contributed by atoms with van der Waals surface area (Å²) in [5.41, 5.74) is 1.44. The van der Waals surface area contributed by atoms with Crippen LogP contribution >= 0.6 is 0 Å². The lowest BCUT2D eigenvalue weighted by molar-refractivity contribution is -0.123. The lowest BCUT2D eigenvalue weighted by Gasteiger charge is -2.26. The number of halogens is 1. The van der Waals surface area contributed by atoms with Crippen molar-refractivity contribution < 1.29 is 35.5 Å². The fourth-order valence-electron chi connectivity index (χ4n) is 3.79. The maximum absolute atomic E-state index is 13.1. The van der Waals surface area contributed by atoms with E-state index in [4.69, 9.17) is 9.47 Å². The predicted molar refractivity (Wildman–Crippen MR) is 142 cm³/mol. The van der Waals surface area contributed by atoms with Gasteiger partial charge in [0.25, 0.3) is 15.9 Å². The molecule has 1 fully saturated rings. The third-order valence-electron chi connectivity index (χ3n) is 5.93. The highest BCUT2D eigenvalue weighted by Crippen LogP contribution is 2.24. The number of sulfonamides is 2. The molecule has 4 rings (SSSR count). The number of carbonyl (C=O) groups excluding carboxylic acids is 1. The number of carbonyl (C=O) groups is 1. The van der Waals surface area contributed by atoms with Gasteiger partial charge in [-0.3, -0.25) is 9.52 Å². The van der Waals surface area contributed by atoms with Gasteiger partial charge in [-0.2, -0.15) is 4.31 Å². The maximum Gasteiger partial charge on any atom is 0.261 e. The SMILES string of the molecule is Cc1cc(S(=O)(=O)Nc2ccc(F)cc2)ccc1OCC(=O)NCc1ccc(S(=O)(=O)N2CCOCC2)cc1. The second kappa shape index (κ2) is 12.1. The number of amides is 1. The van der Waals surface area contributed by atoms with Crippen molar-refractivity contribution in [3.63, 3.8) is 0 Å². The van der Waals surface area contributed by atoms with Crippen LogP contribution in [0.3, 0.4) is 0 Å². The van der Waals surface area contributed by atoms with Crippen LogP contribution in [0.5, 0.6) is 5.75 Å². The molecule has 1 heterocycles. The molecule has 0 atom stereocenters. The van der Waals surface area contributed by atoms with E-state index in [0.717, 1.165) is 12.1 Å². The molecule has 208 valence electrons. The van der Waals surface area contributed by atoms with Crippen LogP contribution in [0, 0.1) is 12.7 Å². The number of hydrogen-bond acceptors (Lipinski definition) is 7. The van der Waals surface area contributed by atoms with Gasteiger partial charge in [0, 0.05) is 25.3 Å². The summed E-state index contributed by atoms with van der Waals surface area (Å²) in [5.74, 6) is -0.551. The molecular formula is C26H28FN3O7S2. The Labute approximate surface area is 226 Å². The van der Waals surface area contributed by atoms with Gasteiger partial charge in [0.1, 0.15) is 11.6 Å². The molecular weight excluding hydrogens is 549 g/mol. The lowest BCUT2D eigenvalue weighted by Crippen LogP contribution is -2.40. The number of anilines is 1. The van der Waals surface area contributed by atoms with E-state index in [1.165, 1.54) is 46.8 Å². The normalized spacial score (nSPS) is 14.5. The Balaban J connectivity index is 1.28. The smallest absolute Gasteiger partial charge is 0.261 e. The fourth-order valence-corrected chi connectivity index (χ4v) is 6.34. The van der Waals surface area contributed by atoms with E-state index in [1.807, 2.05) is 0 Å². The Bertz CT molecular complexity index is 1520. The Hall–Kier alpha value is -3.52. The van der Waals surface area contributed by atoms with Crippen LogP contribution in [0.15, 0.2) is 76.5 Å². The molecule has 1 aliphatic rings. The minimum absolute atomic E-state index is 0.0137. The number of rotatable bonds is 10. The Kier molecular flexibility index (Phi) is 8.85. The van der Waals surface area contributed by atoms with Crippen LogP contribution in [0.4, 0.5) is 10.1 Å². The lowest BCUT2D eigenvalue weighted by atomic mass is 10.2. The van der Waals surface area contributed by atoms with Gasteiger partial charge in [0.05, 0.1) is 23.0 Å². The van der Waals surface area contributed by atoms with Gasteiger partial charge in [0.2, 0.25) is 10.0 Å². The highest BCUT2D eigenvalue weighted by atomic mass is 32.2. The quantitative estimate of drug-likeness (QED) is 0.379. The van der Waals surface area contributed by atoms with Gasteiger partial charge >= 0.3 is 0 Å². The van der Waals surface area contributed by atoms with Gasteiger partial charge in [-0.15, -0.1) is 0 Å². The van der Waals surface area contributed by atoms with Crippen molar-refractivity contribution in [2.45, 2.75) is 23.3 Å². The zero-order valence-electron chi connectivity index (χ0n) is 21.1. The average Bonchev–Trinajstić information content (AvgIpc) is 2.93. The number of hydrogen-bond donors (Lipinski definition) is 2. The highest BCUT2D eigenvalue weighted by Gasteiger charge is 2.26. The van der Waals surface area contributed by atoms with Crippen LogP contribution in [-0.2, 0) is 36.1 Å². The molecule has 0 bridgehead atoms. The van der Waals surface area contributed by atoms with E-state index in [-0.39, 0.29) is 28.6 Å². The number of aryl methyl sites for hydroxylation is 1. The van der Waals surface area contributed by atoms with E-state index < -0.39 is 31.8 Å². The zero-order chi connectivity index (χ0) is 28.0. The number of nitrogens with one attached hydrogen (secondary N) is 2. The minimum atomic E-state index is -3.91. The van der Waals surface area contributed by atoms with Crippen LogP contribution in [0.1, 0.15) is 11.1 Å². The van der Waals surface area contributed by atoms with Crippen LogP contribution in [0.25, 0.3) is 0 Å². The van der Waals surface area contributed by atoms with E-state index in [1.54, 1.807) is 19.1 Å². The third kappa shape index (κ3) is 7.32. The summed E-state index contributed by atoms with van der Waals surface area (Å²) in [6, 6.07) is 15.4. The highest BCUT2D eigenvalue weighted by molar-refractivity contribution is 7.92. The van der Waals surface area contributed by atoms with E-state index in [2.05, 4.69) is 10.0 Å². The summed E-state index contributed by atoms with van der Waals surface area (Å²) in [5, 5.41) is 2.70. The average molecular weight is 578 g/mol. The first-order valence-electron chi connectivity index (χ1n) is 12.0. The Morgan fingerprint density at radius 1 is 0.949 bits per heavy atom. The summed E-state index contributed by atoms with van der Waals surface area (Å²) in [6.45, 7) is 2.87. The van der Waals surface area contributed by atoms with Crippen LogP contribution in [-0.4, -0.2) is 60.0 Å². The monoisotopic (exact) mass is 577 g/mol. The Morgan fingerprint density at radius 2 is 1.59 bits per heavy atom. The van der Waals surface area contributed by atoms with Crippen molar-refractivity contribution in [1.82, 2.24) is 9.62 Å². The van der Waals surface area contributed by atoms with Crippen LogP contribution < -0.4 is 14.8 Å². The molecule has 39 heavy (non-hydrogen) atoms. The molecule has 13 heteroatoms. The standard InChI is InChI=1S/C26H28FN3O7S2/c1-19-16-24(38(32,33)29-22-6-4-21(27)5-7-22)10-11-25(19)37-18-26(31)28-17-20-2-8-23(9-3-20)39(34,35)30-12-14-36-15-13-30/h2-11,16,29H,12-15,17-18H2,1H3,(H,28,31). The second-order valence-corrected chi connectivity index (χ2v) is 12.4. The van der Waals surface area contributed by atoms with E-state index >= 15 is 0 Å². The fraction of sp³-hybridized carbons (Fsp3) is 0.269. The molecule has 0 aromatic heterocycles. The molecule has 1 aliphatic heterocycles. The molecule has 0 saturated carbocycles. The van der Waals surface area contributed by atoms with Crippen molar-refractivity contribution in [3.8, 4) is 5.75 Å². The first kappa shape index (κ1) is 28.5. The number of morpholine rings is 1. The number of nitrogens with zero attached hydrogens (tertiary/aromatic N) is 1. The molecule has 3 aromatic rings. The molecule has 1 saturated heterocycles. The van der Waals surface area contributed by atoms with E-state index in [0.29, 0.717) is 43.2 Å². The summed E-state index contributed by atoms with van der Waals surface area (Å²) in [6.07, 6.45) is 0.